The number of imidazole rings is 1. The third kappa shape index (κ3) is 2.34. The molecule has 0 N–H and O–H groups in total. The van der Waals surface area contributed by atoms with Crippen molar-refractivity contribution in [2.24, 2.45) is 0 Å². The highest BCUT2D eigenvalue weighted by molar-refractivity contribution is 5.47. The lowest BCUT2D eigenvalue weighted by atomic mass is 10.1. The predicted octanol–water partition coefficient (Wildman–Crippen LogP) is 2.88. The summed E-state index contributed by atoms with van der Waals surface area (Å²) in [5.41, 5.74) is 3.48. The first-order valence-corrected chi connectivity index (χ1v) is 4.97. The lowest BCUT2D eigenvalue weighted by molar-refractivity contribution is 0.797. The van der Waals surface area contributed by atoms with Gasteiger partial charge in [-0.15, -0.1) is 0 Å². The quantitative estimate of drug-likeness (QED) is 0.741. The second kappa shape index (κ2) is 4.13. The first kappa shape index (κ1) is 9.71. The Morgan fingerprint density at radius 3 is 3.00 bits per heavy atom. The fourth-order valence-electron chi connectivity index (χ4n) is 1.59. The first-order chi connectivity index (χ1) is 7.28. The highest BCUT2D eigenvalue weighted by atomic mass is 15.0. The minimum atomic E-state index is 0.864. The van der Waals surface area contributed by atoms with E-state index in [4.69, 9.17) is 0 Å². The average Bonchev–Trinajstić information content (AvgIpc) is 2.64. The summed E-state index contributed by atoms with van der Waals surface area (Å²) in [5, 5.41) is 0. The normalized spacial score (nSPS) is 10.2. The van der Waals surface area contributed by atoms with E-state index in [1.165, 1.54) is 5.56 Å². The van der Waals surface area contributed by atoms with Crippen LogP contribution in [0.3, 0.4) is 0 Å². The first-order valence-electron chi connectivity index (χ1n) is 4.97. The van der Waals surface area contributed by atoms with Gasteiger partial charge in [0.25, 0.3) is 0 Å². The summed E-state index contributed by atoms with van der Waals surface area (Å²) in [6.07, 6.45) is 5.76. The van der Waals surface area contributed by atoms with Crippen LogP contribution in [-0.2, 0) is 6.54 Å². The van der Waals surface area contributed by atoms with Gasteiger partial charge >= 0.3 is 0 Å². The Morgan fingerprint density at radius 1 is 1.47 bits per heavy atom. The van der Waals surface area contributed by atoms with Gasteiger partial charge in [0.15, 0.2) is 0 Å². The molecule has 76 valence electrons. The topological polar surface area (TPSA) is 17.8 Å². The van der Waals surface area contributed by atoms with Gasteiger partial charge in [-0.2, -0.15) is 0 Å². The van der Waals surface area contributed by atoms with Crippen molar-refractivity contribution in [3.05, 3.63) is 60.2 Å². The lowest BCUT2D eigenvalue weighted by Crippen LogP contribution is -1.96. The van der Waals surface area contributed by atoms with E-state index in [2.05, 4.69) is 40.4 Å². The van der Waals surface area contributed by atoms with Crippen LogP contribution in [0.15, 0.2) is 43.4 Å². The van der Waals surface area contributed by atoms with Crippen molar-refractivity contribution < 1.29 is 0 Å². The standard InChI is InChI=1S/C13H14N2/c1-3-12-5-4-6-13(7-12)9-15-8-11(2)14-10-15/h3-8,10H,1,9H2,2H3. The van der Waals surface area contributed by atoms with Crippen molar-refractivity contribution in [2.45, 2.75) is 13.5 Å². The van der Waals surface area contributed by atoms with Crippen LogP contribution in [-0.4, -0.2) is 9.55 Å². The molecule has 1 aromatic heterocycles. The Labute approximate surface area is 89.9 Å². The molecule has 0 saturated carbocycles. The lowest BCUT2D eigenvalue weighted by Gasteiger charge is -2.03. The fraction of sp³-hybridized carbons (Fsp3) is 0.154. The van der Waals surface area contributed by atoms with Crippen LogP contribution in [0, 0.1) is 6.92 Å². The van der Waals surface area contributed by atoms with E-state index in [1.54, 1.807) is 0 Å². The average molecular weight is 198 g/mol. The molecule has 2 rings (SSSR count). The molecule has 0 aliphatic heterocycles. The van der Waals surface area contributed by atoms with Gasteiger partial charge in [-0.25, -0.2) is 4.98 Å². The SMILES string of the molecule is C=Cc1cccc(Cn2cnc(C)c2)c1. The Morgan fingerprint density at radius 2 is 2.33 bits per heavy atom. The minimum absolute atomic E-state index is 0.864. The van der Waals surface area contributed by atoms with Crippen molar-refractivity contribution in [3.8, 4) is 0 Å². The Hall–Kier alpha value is -1.83. The summed E-state index contributed by atoms with van der Waals surface area (Å²) in [5.74, 6) is 0. The van der Waals surface area contributed by atoms with E-state index in [-0.39, 0.29) is 0 Å². The number of rotatable bonds is 3. The maximum absolute atomic E-state index is 4.20. The molecule has 1 heterocycles. The second-order valence-corrected chi connectivity index (χ2v) is 3.64. The van der Waals surface area contributed by atoms with Crippen molar-refractivity contribution in [1.82, 2.24) is 9.55 Å². The zero-order valence-electron chi connectivity index (χ0n) is 8.85. The van der Waals surface area contributed by atoms with Gasteiger partial charge in [-0.3, -0.25) is 0 Å². The molecule has 0 aliphatic carbocycles. The minimum Gasteiger partial charge on any atom is -0.333 e. The molecule has 2 nitrogen and oxygen atoms in total. The number of aryl methyl sites for hydroxylation is 1. The van der Waals surface area contributed by atoms with Gasteiger partial charge in [0, 0.05) is 12.7 Å². The number of hydrogen-bond donors (Lipinski definition) is 0. The fourth-order valence-corrected chi connectivity index (χ4v) is 1.59. The third-order valence-corrected chi connectivity index (χ3v) is 2.31. The van der Waals surface area contributed by atoms with Crippen molar-refractivity contribution >= 4 is 6.08 Å². The molecule has 0 bridgehead atoms. The molecule has 0 spiro atoms. The van der Waals surface area contributed by atoms with Crippen LogP contribution in [0.25, 0.3) is 6.08 Å². The zero-order chi connectivity index (χ0) is 10.7. The number of benzene rings is 1. The van der Waals surface area contributed by atoms with Gasteiger partial charge in [0.05, 0.1) is 12.0 Å². The van der Waals surface area contributed by atoms with Gasteiger partial charge in [-0.1, -0.05) is 30.9 Å². The van der Waals surface area contributed by atoms with Crippen LogP contribution in [0.2, 0.25) is 0 Å². The Balaban J connectivity index is 2.20. The van der Waals surface area contributed by atoms with Crippen LogP contribution in [0.5, 0.6) is 0 Å². The largest absolute Gasteiger partial charge is 0.333 e. The predicted molar refractivity (Wildman–Crippen MR) is 62.6 cm³/mol. The van der Waals surface area contributed by atoms with Crippen LogP contribution in [0.4, 0.5) is 0 Å². The summed E-state index contributed by atoms with van der Waals surface area (Å²) in [6, 6.07) is 8.36. The van der Waals surface area contributed by atoms with E-state index in [0.29, 0.717) is 0 Å². The number of nitrogens with zero attached hydrogens (tertiary/aromatic N) is 2. The monoisotopic (exact) mass is 198 g/mol. The number of hydrogen-bond acceptors (Lipinski definition) is 1. The maximum Gasteiger partial charge on any atom is 0.0952 e. The van der Waals surface area contributed by atoms with E-state index in [1.807, 2.05) is 25.5 Å². The van der Waals surface area contributed by atoms with E-state index < -0.39 is 0 Å². The molecule has 0 atom stereocenters. The van der Waals surface area contributed by atoms with Crippen LogP contribution in [0.1, 0.15) is 16.8 Å². The van der Waals surface area contributed by atoms with Gasteiger partial charge in [0.2, 0.25) is 0 Å². The van der Waals surface area contributed by atoms with Crippen molar-refractivity contribution in [2.75, 3.05) is 0 Å². The van der Waals surface area contributed by atoms with Crippen LogP contribution < -0.4 is 0 Å². The van der Waals surface area contributed by atoms with Crippen molar-refractivity contribution in [3.63, 3.8) is 0 Å². The van der Waals surface area contributed by atoms with E-state index >= 15 is 0 Å². The molecule has 0 saturated heterocycles. The van der Waals surface area contributed by atoms with Crippen LogP contribution >= 0.6 is 0 Å². The Bertz CT molecular complexity index is 469. The zero-order valence-corrected chi connectivity index (χ0v) is 8.85. The Kier molecular flexibility index (Phi) is 2.68. The van der Waals surface area contributed by atoms with Gasteiger partial charge < -0.3 is 4.57 Å². The molecule has 0 radical (unpaired) electrons. The third-order valence-electron chi connectivity index (χ3n) is 2.31. The van der Waals surface area contributed by atoms with Gasteiger partial charge in [-0.05, 0) is 24.1 Å². The maximum atomic E-state index is 4.20. The molecule has 0 unspecified atom stereocenters. The summed E-state index contributed by atoms with van der Waals surface area (Å²) < 4.78 is 2.08. The molecule has 0 aliphatic rings. The molecule has 1 aromatic carbocycles. The smallest absolute Gasteiger partial charge is 0.0952 e. The second-order valence-electron chi connectivity index (χ2n) is 3.64. The highest BCUT2D eigenvalue weighted by Gasteiger charge is 1.96. The van der Waals surface area contributed by atoms with Crippen molar-refractivity contribution in [1.29, 1.82) is 0 Å². The summed E-state index contributed by atoms with van der Waals surface area (Å²) in [6.45, 7) is 6.62. The summed E-state index contributed by atoms with van der Waals surface area (Å²) >= 11 is 0. The molecular formula is C13H14N2. The molecule has 2 heteroatoms. The summed E-state index contributed by atoms with van der Waals surface area (Å²) in [4.78, 5) is 4.20. The molecular weight excluding hydrogens is 184 g/mol. The summed E-state index contributed by atoms with van der Waals surface area (Å²) in [7, 11) is 0. The molecule has 0 fully saturated rings. The number of aromatic nitrogens is 2. The van der Waals surface area contributed by atoms with E-state index in [0.717, 1.165) is 17.8 Å². The van der Waals surface area contributed by atoms with E-state index in [9.17, 15) is 0 Å². The highest BCUT2D eigenvalue weighted by Crippen LogP contribution is 2.08. The molecule has 15 heavy (non-hydrogen) atoms. The molecule has 2 aromatic rings. The molecule has 0 amide bonds. The van der Waals surface area contributed by atoms with Gasteiger partial charge in [0.1, 0.15) is 0 Å².